The highest BCUT2D eigenvalue weighted by molar-refractivity contribution is 6.02. The van der Waals surface area contributed by atoms with Crippen LogP contribution in [0.5, 0.6) is 0 Å². The minimum atomic E-state index is -0.676. The molecule has 3 N–H and O–H groups in total. The van der Waals surface area contributed by atoms with Gasteiger partial charge in [-0.05, 0) is 24.6 Å². The van der Waals surface area contributed by atoms with Gasteiger partial charge in [-0.3, -0.25) is 14.7 Å². The third-order valence-electron chi connectivity index (χ3n) is 4.32. The van der Waals surface area contributed by atoms with Gasteiger partial charge in [0.15, 0.2) is 0 Å². The first-order valence-corrected chi connectivity index (χ1v) is 8.05. The van der Waals surface area contributed by atoms with E-state index in [0.29, 0.717) is 28.6 Å². The predicted octanol–water partition coefficient (Wildman–Crippen LogP) is 2.73. The first-order chi connectivity index (χ1) is 12.5. The number of aromatic nitrogens is 2. The molecule has 1 aliphatic rings. The highest BCUT2D eigenvalue weighted by Gasteiger charge is 2.27. The van der Waals surface area contributed by atoms with E-state index >= 15 is 0 Å². The average Bonchev–Trinajstić information content (AvgIpc) is 3.21. The van der Waals surface area contributed by atoms with Gasteiger partial charge < -0.3 is 10.6 Å². The molecule has 1 saturated heterocycles. The number of hydrogen-bond donors (Lipinski definition) is 3. The van der Waals surface area contributed by atoms with Gasteiger partial charge in [-0.25, -0.2) is 8.78 Å². The number of nitrogens with zero attached hydrogens (tertiary/aromatic N) is 1. The van der Waals surface area contributed by atoms with Gasteiger partial charge in [-0.2, -0.15) is 5.10 Å². The van der Waals surface area contributed by atoms with Crippen molar-refractivity contribution in [1.82, 2.24) is 15.5 Å². The predicted molar refractivity (Wildman–Crippen MR) is 91.2 cm³/mol. The van der Waals surface area contributed by atoms with Crippen LogP contribution in [-0.4, -0.2) is 28.1 Å². The van der Waals surface area contributed by atoms with Crippen molar-refractivity contribution in [2.24, 2.45) is 0 Å². The Labute approximate surface area is 146 Å². The number of halogens is 2. The molecule has 6 nitrogen and oxygen atoms in total. The van der Waals surface area contributed by atoms with Crippen LogP contribution in [0.2, 0.25) is 0 Å². The summed E-state index contributed by atoms with van der Waals surface area (Å²) >= 11 is 0. The summed E-state index contributed by atoms with van der Waals surface area (Å²) in [6.45, 7) is 0. The van der Waals surface area contributed by atoms with Gasteiger partial charge >= 0.3 is 0 Å². The molecule has 8 heteroatoms. The van der Waals surface area contributed by atoms with Gasteiger partial charge in [0.05, 0.1) is 11.2 Å². The summed E-state index contributed by atoms with van der Waals surface area (Å²) in [4.78, 5) is 23.5. The molecule has 0 aliphatic carbocycles. The zero-order valence-electron chi connectivity index (χ0n) is 13.5. The molecule has 0 saturated carbocycles. The number of nitrogens with one attached hydrogen (secondary N) is 3. The molecule has 0 radical (unpaired) electrons. The van der Waals surface area contributed by atoms with E-state index in [0.717, 1.165) is 0 Å². The van der Waals surface area contributed by atoms with E-state index in [1.807, 2.05) is 0 Å². The lowest BCUT2D eigenvalue weighted by Gasteiger charge is -2.12. The van der Waals surface area contributed by atoms with E-state index in [-0.39, 0.29) is 18.0 Å². The maximum absolute atomic E-state index is 14.3. The van der Waals surface area contributed by atoms with Gasteiger partial charge in [-0.15, -0.1) is 0 Å². The fraction of sp³-hybridized carbons (Fsp3) is 0.167. The number of rotatable bonds is 3. The second kappa shape index (κ2) is 6.21. The van der Waals surface area contributed by atoms with Crippen molar-refractivity contribution in [3.05, 3.63) is 48.0 Å². The Morgan fingerprint density at radius 2 is 2.08 bits per heavy atom. The standard InChI is InChI=1S/C18H14F2N4O2/c19-10-3-1-2-9(6-10)17-11-7-15(12(20)8-14(11)23-24-17)22-18(26)13-4-5-16(25)21-13/h1-3,6-8,13H,4-5H2,(H,21,25)(H,22,26)(H,23,24). The van der Waals surface area contributed by atoms with Gasteiger partial charge in [0.2, 0.25) is 11.8 Å². The number of anilines is 1. The number of fused-ring (bicyclic) bond motifs is 1. The molecule has 0 spiro atoms. The maximum Gasteiger partial charge on any atom is 0.247 e. The zero-order valence-corrected chi connectivity index (χ0v) is 13.5. The minimum Gasteiger partial charge on any atom is -0.344 e. The van der Waals surface area contributed by atoms with E-state index in [1.165, 1.54) is 24.3 Å². The maximum atomic E-state index is 14.3. The molecule has 1 fully saturated rings. The number of aromatic amines is 1. The number of carbonyl (C=O) groups excluding carboxylic acids is 2. The van der Waals surface area contributed by atoms with E-state index in [2.05, 4.69) is 20.8 Å². The summed E-state index contributed by atoms with van der Waals surface area (Å²) in [5.74, 6) is -1.73. The summed E-state index contributed by atoms with van der Waals surface area (Å²) in [6.07, 6.45) is 0.639. The van der Waals surface area contributed by atoms with Crippen LogP contribution < -0.4 is 10.6 Å². The molecule has 26 heavy (non-hydrogen) atoms. The second-order valence-electron chi connectivity index (χ2n) is 6.11. The molecular weight excluding hydrogens is 342 g/mol. The van der Waals surface area contributed by atoms with Crippen LogP contribution in [0.4, 0.5) is 14.5 Å². The number of H-pyrrole nitrogens is 1. The number of amides is 2. The molecular formula is C18H14F2N4O2. The molecule has 1 atom stereocenters. The highest BCUT2D eigenvalue weighted by atomic mass is 19.1. The molecule has 4 rings (SSSR count). The SMILES string of the molecule is O=C1CCC(C(=O)Nc2cc3c(-c4cccc(F)c4)n[nH]c3cc2F)N1. The summed E-state index contributed by atoms with van der Waals surface area (Å²) in [7, 11) is 0. The molecule has 1 aromatic heterocycles. The molecule has 2 aromatic carbocycles. The first-order valence-electron chi connectivity index (χ1n) is 8.05. The van der Waals surface area contributed by atoms with Gasteiger partial charge in [0, 0.05) is 23.4 Å². The lowest BCUT2D eigenvalue weighted by Crippen LogP contribution is -2.37. The van der Waals surface area contributed by atoms with Gasteiger partial charge in [0.1, 0.15) is 23.4 Å². The lowest BCUT2D eigenvalue weighted by atomic mass is 10.1. The number of hydrogen-bond acceptors (Lipinski definition) is 3. The van der Waals surface area contributed by atoms with Gasteiger partial charge in [-0.1, -0.05) is 12.1 Å². The third-order valence-corrected chi connectivity index (χ3v) is 4.32. The van der Waals surface area contributed by atoms with Crippen LogP contribution in [-0.2, 0) is 9.59 Å². The molecule has 3 aromatic rings. The smallest absolute Gasteiger partial charge is 0.247 e. The van der Waals surface area contributed by atoms with Crippen LogP contribution in [0.25, 0.3) is 22.2 Å². The van der Waals surface area contributed by atoms with E-state index in [1.54, 1.807) is 12.1 Å². The first kappa shape index (κ1) is 16.2. The van der Waals surface area contributed by atoms with Crippen molar-refractivity contribution in [3.8, 4) is 11.3 Å². The van der Waals surface area contributed by atoms with Crippen molar-refractivity contribution in [2.75, 3.05) is 5.32 Å². The van der Waals surface area contributed by atoms with Crippen molar-refractivity contribution >= 4 is 28.4 Å². The fourth-order valence-electron chi connectivity index (χ4n) is 3.02. The quantitative estimate of drug-likeness (QED) is 0.674. The molecule has 1 unspecified atom stereocenters. The molecule has 1 aliphatic heterocycles. The molecule has 0 bridgehead atoms. The zero-order chi connectivity index (χ0) is 18.3. The van der Waals surface area contributed by atoms with Crippen molar-refractivity contribution in [3.63, 3.8) is 0 Å². The molecule has 2 heterocycles. The summed E-state index contributed by atoms with van der Waals surface area (Å²) in [5.41, 5.74) is 1.38. The van der Waals surface area contributed by atoms with Crippen molar-refractivity contribution in [1.29, 1.82) is 0 Å². The fourth-order valence-corrected chi connectivity index (χ4v) is 3.02. The Hall–Kier alpha value is -3.29. The summed E-state index contributed by atoms with van der Waals surface area (Å²) < 4.78 is 27.8. The van der Waals surface area contributed by atoms with Crippen LogP contribution in [0.3, 0.4) is 0 Å². The normalized spacial score (nSPS) is 16.7. The Morgan fingerprint density at radius 3 is 2.81 bits per heavy atom. The minimum absolute atomic E-state index is 0.0253. The van der Waals surface area contributed by atoms with Crippen LogP contribution in [0.1, 0.15) is 12.8 Å². The van der Waals surface area contributed by atoms with Crippen molar-refractivity contribution < 1.29 is 18.4 Å². The average molecular weight is 356 g/mol. The molecule has 2 amide bonds. The van der Waals surface area contributed by atoms with Crippen LogP contribution in [0.15, 0.2) is 36.4 Å². The van der Waals surface area contributed by atoms with Crippen LogP contribution >= 0.6 is 0 Å². The molecule has 132 valence electrons. The number of carbonyl (C=O) groups is 2. The van der Waals surface area contributed by atoms with E-state index in [9.17, 15) is 18.4 Å². The Bertz CT molecular complexity index is 1030. The Kier molecular flexibility index (Phi) is 3.87. The van der Waals surface area contributed by atoms with Crippen molar-refractivity contribution in [2.45, 2.75) is 18.9 Å². The summed E-state index contributed by atoms with van der Waals surface area (Å²) in [5, 5.41) is 12.4. The van der Waals surface area contributed by atoms with E-state index < -0.39 is 23.6 Å². The number of benzene rings is 2. The topological polar surface area (TPSA) is 86.9 Å². The highest BCUT2D eigenvalue weighted by Crippen LogP contribution is 2.30. The third kappa shape index (κ3) is 2.90. The Balaban J connectivity index is 1.69. The summed E-state index contributed by atoms with van der Waals surface area (Å²) in [6, 6.07) is 7.88. The second-order valence-corrected chi connectivity index (χ2v) is 6.11. The van der Waals surface area contributed by atoms with Crippen LogP contribution in [0, 0.1) is 11.6 Å². The van der Waals surface area contributed by atoms with E-state index in [4.69, 9.17) is 0 Å². The Morgan fingerprint density at radius 1 is 1.23 bits per heavy atom. The van der Waals surface area contributed by atoms with Gasteiger partial charge in [0.25, 0.3) is 0 Å². The lowest BCUT2D eigenvalue weighted by molar-refractivity contribution is -0.122. The monoisotopic (exact) mass is 356 g/mol. The largest absolute Gasteiger partial charge is 0.344 e.